The van der Waals surface area contributed by atoms with Crippen LogP contribution in [0, 0.1) is 0 Å². The number of nitrogens with zero attached hydrogens (tertiary/aromatic N) is 1. The molecule has 0 bridgehead atoms. The van der Waals surface area contributed by atoms with Crippen molar-refractivity contribution in [2.75, 3.05) is 0 Å². The van der Waals surface area contributed by atoms with E-state index in [0.29, 0.717) is 11.6 Å². The van der Waals surface area contributed by atoms with Crippen molar-refractivity contribution in [2.24, 2.45) is 0 Å². The highest BCUT2D eigenvalue weighted by Gasteiger charge is 2.27. The molecule has 1 unspecified atom stereocenters. The first-order chi connectivity index (χ1) is 7.16. The number of carbonyl (C=O) groups excluding carboxylic acids is 1. The van der Waals surface area contributed by atoms with Crippen LogP contribution in [-0.2, 0) is 4.79 Å². The molecule has 1 aliphatic carbocycles. The van der Waals surface area contributed by atoms with E-state index in [9.17, 15) is 4.79 Å². The van der Waals surface area contributed by atoms with E-state index in [1.54, 1.807) is 18.5 Å². The Hall–Kier alpha value is -0.610. The Balaban J connectivity index is 2.05. The van der Waals surface area contributed by atoms with Crippen LogP contribution < -0.4 is 5.32 Å². The lowest BCUT2D eigenvalue weighted by molar-refractivity contribution is -0.121. The number of amides is 1. The summed E-state index contributed by atoms with van der Waals surface area (Å²) < 4.78 is 0.824. The summed E-state index contributed by atoms with van der Waals surface area (Å²) in [6.07, 6.45) is 5.39. The maximum absolute atomic E-state index is 11.6. The molecule has 1 aliphatic rings. The molecule has 1 atom stereocenters. The van der Waals surface area contributed by atoms with Crippen LogP contribution in [0.15, 0.2) is 22.9 Å². The molecule has 0 aromatic carbocycles. The average Bonchev–Trinajstić information content (AvgIpc) is 3.00. The molecule has 2 rings (SSSR count). The van der Waals surface area contributed by atoms with Crippen LogP contribution >= 0.6 is 27.5 Å². The van der Waals surface area contributed by atoms with Crippen molar-refractivity contribution in [3.05, 3.63) is 28.5 Å². The third-order valence-corrected chi connectivity index (χ3v) is 3.06. The Morgan fingerprint density at radius 2 is 2.33 bits per heavy atom. The summed E-state index contributed by atoms with van der Waals surface area (Å²) in [6.45, 7) is 0. The monoisotopic (exact) mass is 288 g/mol. The first-order valence-electron chi connectivity index (χ1n) is 4.71. The van der Waals surface area contributed by atoms with E-state index in [-0.39, 0.29) is 5.91 Å². The lowest BCUT2D eigenvalue weighted by Gasteiger charge is -2.09. The predicted molar refractivity (Wildman–Crippen MR) is 61.7 cm³/mol. The molecule has 1 N–H and O–H groups in total. The Morgan fingerprint density at radius 3 is 2.93 bits per heavy atom. The van der Waals surface area contributed by atoms with Crippen molar-refractivity contribution >= 4 is 33.4 Å². The van der Waals surface area contributed by atoms with Gasteiger partial charge in [0.05, 0.1) is 0 Å². The molecule has 0 radical (unpaired) electrons. The van der Waals surface area contributed by atoms with Crippen LogP contribution in [-0.4, -0.2) is 16.9 Å². The van der Waals surface area contributed by atoms with Crippen molar-refractivity contribution in [3.63, 3.8) is 0 Å². The number of hydrogen-bond donors (Lipinski definition) is 1. The number of pyridine rings is 1. The Bertz CT molecular complexity index is 381. The number of alkyl halides is 1. The second kappa shape index (κ2) is 4.49. The van der Waals surface area contributed by atoms with E-state index in [4.69, 9.17) is 11.6 Å². The average molecular weight is 290 g/mol. The van der Waals surface area contributed by atoms with Gasteiger partial charge in [0.2, 0.25) is 5.91 Å². The molecular weight excluding hydrogens is 279 g/mol. The highest BCUT2D eigenvalue weighted by atomic mass is 79.9. The summed E-state index contributed by atoms with van der Waals surface area (Å²) in [6, 6.07) is 2.14. The van der Waals surface area contributed by atoms with E-state index in [2.05, 4.69) is 26.2 Å². The third-order valence-electron chi connectivity index (χ3n) is 2.17. The fourth-order valence-electron chi connectivity index (χ4n) is 1.22. The molecule has 1 saturated carbocycles. The van der Waals surface area contributed by atoms with Gasteiger partial charge in [-0.1, -0.05) is 0 Å². The van der Waals surface area contributed by atoms with Crippen molar-refractivity contribution < 1.29 is 4.79 Å². The van der Waals surface area contributed by atoms with Crippen LogP contribution in [0.2, 0.25) is 0 Å². The van der Waals surface area contributed by atoms with E-state index in [1.807, 2.05) is 0 Å². The molecule has 1 aromatic heterocycles. The van der Waals surface area contributed by atoms with Crippen LogP contribution in [0.3, 0.4) is 0 Å². The number of rotatable bonds is 3. The third kappa shape index (κ3) is 2.92. The van der Waals surface area contributed by atoms with Gasteiger partial charge in [0.15, 0.2) is 0 Å². The molecular formula is C10H10BrClN2O. The van der Waals surface area contributed by atoms with E-state index in [1.165, 1.54) is 0 Å². The van der Waals surface area contributed by atoms with Gasteiger partial charge in [-0.25, -0.2) is 0 Å². The summed E-state index contributed by atoms with van der Waals surface area (Å²) in [5.41, 5.74) is 0.712. The molecule has 0 saturated heterocycles. The molecule has 0 spiro atoms. The summed E-state index contributed by atoms with van der Waals surface area (Å²) in [4.78, 5) is 15.6. The van der Waals surface area contributed by atoms with Crippen molar-refractivity contribution in [1.82, 2.24) is 10.3 Å². The fraction of sp³-hybridized carbons (Fsp3) is 0.400. The molecule has 5 heteroatoms. The van der Waals surface area contributed by atoms with Crippen LogP contribution in [0.1, 0.15) is 23.8 Å². The molecule has 1 amide bonds. The van der Waals surface area contributed by atoms with Crippen molar-refractivity contribution in [1.29, 1.82) is 0 Å². The number of carbonyl (C=O) groups is 1. The first kappa shape index (κ1) is 10.9. The van der Waals surface area contributed by atoms with Crippen LogP contribution in [0.25, 0.3) is 0 Å². The quantitative estimate of drug-likeness (QED) is 0.868. The fourth-order valence-corrected chi connectivity index (χ4v) is 1.79. The molecule has 1 fully saturated rings. The lowest BCUT2D eigenvalue weighted by Crippen LogP contribution is -2.28. The molecule has 1 heterocycles. The molecule has 1 aromatic rings. The molecule has 0 aliphatic heterocycles. The zero-order chi connectivity index (χ0) is 10.8. The van der Waals surface area contributed by atoms with E-state index in [0.717, 1.165) is 17.3 Å². The van der Waals surface area contributed by atoms with Gasteiger partial charge in [0.25, 0.3) is 0 Å². The summed E-state index contributed by atoms with van der Waals surface area (Å²) in [5.74, 6) is -0.140. The number of hydrogen-bond acceptors (Lipinski definition) is 2. The van der Waals surface area contributed by atoms with Gasteiger partial charge in [0.1, 0.15) is 5.38 Å². The van der Waals surface area contributed by atoms with Gasteiger partial charge in [0, 0.05) is 22.9 Å². The first-order valence-corrected chi connectivity index (χ1v) is 5.94. The lowest BCUT2D eigenvalue weighted by atomic mass is 10.2. The highest BCUT2D eigenvalue weighted by Crippen LogP contribution is 2.25. The molecule has 15 heavy (non-hydrogen) atoms. The van der Waals surface area contributed by atoms with Gasteiger partial charge < -0.3 is 5.32 Å². The van der Waals surface area contributed by atoms with Crippen molar-refractivity contribution in [2.45, 2.75) is 24.3 Å². The van der Waals surface area contributed by atoms with Gasteiger partial charge in [-0.15, -0.1) is 11.6 Å². The van der Waals surface area contributed by atoms with E-state index >= 15 is 0 Å². The zero-order valence-corrected chi connectivity index (χ0v) is 10.3. The summed E-state index contributed by atoms with van der Waals surface area (Å²) in [7, 11) is 0. The number of nitrogens with one attached hydrogen (secondary N) is 1. The van der Waals surface area contributed by atoms with Crippen LogP contribution in [0.4, 0.5) is 0 Å². The SMILES string of the molecule is O=C(NC1CC1)C(Cl)c1cncc(Br)c1. The number of halogens is 2. The highest BCUT2D eigenvalue weighted by molar-refractivity contribution is 9.10. The largest absolute Gasteiger partial charge is 0.352 e. The minimum Gasteiger partial charge on any atom is -0.352 e. The predicted octanol–water partition coefficient (Wildman–Crippen LogP) is 2.40. The maximum Gasteiger partial charge on any atom is 0.242 e. The van der Waals surface area contributed by atoms with E-state index < -0.39 is 5.38 Å². The zero-order valence-electron chi connectivity index (χ0n) is 7.91. The number of aromatic nitrogens is 1. The Kier molecular flexibility index (Phi) is 3.26. The van der Waals surface area contributed by atoms with Crippen LogP contribution in [0.5, 0.6) is 0 Å². The molecule has 80 valence electrons. The second-order valence-corrected chi connectivity index (χ2v) is 4.93. The van der Waals surface area contributed by atoms with Gasteiger partial charge in [-0.3, -0.25) is 9.78 Å². The second-order valence-electron chi connectivity index (χ2n) is 3.58. The topological polar surface area (TPSA) is 42.0 Å². The Morgan fingerprint density at radius 1 is 1.60 bits per heavy atom. The van der Waals surface area contributed by atoms with Crippen molar-refractivity contribution in [3.8, 4) is 0 Å². The molecule has 3 nitrogen and oxygen atoms in total. The smallest absolute Gasteiger partial charge is 0.242 e. The van der Waals surface area contributed by atoms with Gasteiger partial charge >= 0.3 is 0 Å². The maximum atomic E-state index is 11.6. The summed E-state index contributed by atoms with van der Waals surface area (Å²) in [5, 5.41) is 2.20. The Labute approximate surface area is 101 Å². The minimum absolute atomic E-state index is 0.140. The normalized spacial score (nSPS) is 17.2. The van der Waals surface area contributed by atoms with Gasteiger partial charge in [-0.2, -0.15) is 0 Å². The summed E-state index contributed by atoms with van der Waals surface area (Å²) >= 11 is 9.32. The minimum atomic E-state index is -0.657. The van der Waals surface area contributed by atoms with Gasteiger partial charge in [-0.05, 0) is 40.4 Å². The standard InChI is InChI=1S/C10H10BrClN2O/c11-7-3-6(4-13-5-7)9(12)10(15)14-8-1-2-8/h3-5,8-9H,1-2H2,(H,14,15).